The number of hydrogen-bond donors (Lipinski definition) is 5. The average Bonchev–Trinajstić information content (AvgIpc) is 2.78. The Balaban J connectivity index is 3.24. The predicted molar refractivity (Wildman–Crippen MR) is 91.1 cm³/mol. The van der Waals surface area contributed by atoms with Crippen molar-refractivity contribution < 1.29 is 19.8 Å². The SMILES string of the molecule is CCCC(CC)C(NC(C)=O)[C@@H]1[C@H](O)[C@@H](C(=O)O)C[C@H]1N=C(N)N. The van der Waals surface area contributed by atoms with Crippen molar-refractivity contribution in [3.63, 3.8) is 0 Å². The Bertz CT molecular complexity index is 479. The summed E-state index contributed by atoms with van der Waals surface area (Å²) in [5, 5.41) is 22.9. The first-order chi connectivity index (χ1) is 11.2. The van der Waals surface area contributed by atoms with Crippen molar-refractivity contribution in [1.82, 2.24) is 5.32 Å². The second-order valence-electron chi connectivity index (χ2n) is 6.55. The van der Waals surface area contributed by atoms with E-state index in [2.05, 4.69) is 10.3 Å². The van der Waals surface area contributed by atoms with Crippen LogP contribution in [0.2, 0.25) is 0 Å². The van der Waals surface area contributed by atoms with Gasteiger partial charge in [-0.25, -0.2) is 4.99 Å². The number of carbonyl (C=O) groups excluding carboxylic acids is 1. The summed E-state index contributed by atoms with van der Waals surface area (Å²) in [5.41, 5.74) is 11.0. The summed E-state index contributed by atoms with van der Waals surface area (Å²) < 4.78 is 0. The molecule has 1 amide bonds. The topological polar surface area (TPSA) is 151 Å². The van der Waals surface area contributed by atoms with Gasteiger partial charge in [0.15, 0.2) is 5.96 Å². The van der Waals surface area contributed by atoms with Crippen LogP contribution in [-0.2, 0) is 9.59 Å². The van der Waals surface area contributed by atoms with E-state index in [-0.39, 0.29) is 30.2 Å². The molecule has 0 radical (unpaired) electrons. The summed E-state index contributed by atoms with van der Waals surface area (Å²) in [6.45, 7) is 5.48. The fourth-order valence-electron chi connectivity index (χ4n) is 3.85. The zero-order valence-electron chi connectivity index (χ0n) is 14.6. The lowest BCUT2D eigenvalue weighted by Crippen LogP contribution is -2.51. The third-order valence-electron chi connectivity index (χ3n) is 4.85. The zero-order chi connectivity index (χ0) is 18.4. The lowest BCUT2D eigenvalue weighted by molar-refractivity contribution is -0.145. The van der Waals surface area contributed by atoms with E-state index in [4.69, 9.17) is 11.5 Å². The summed E-state index contributed by atoms with van der Waals surface area (Å²) in [6.07, 6.45) is 1.62. The summed E-state index contributed by atoms with van der Waals surface area (Å²) in [7, 11) is 0. The zero-order valence-corrected chi connectivity index (χ0v) is 14.6. The molecule has 1 saturated carbocycles. The maximum absolute atomic E-state index is 11.7. The molecule has 24 heavy (non-hydrogen) atoms. The van der Waals surface area contributed by atoms with E-state index >= 15 is 0 Å². The highest BCUT2D eigenvalue weighted by atomic mass is 16.4. The highest BCUT2D eigenvalue weighted by molar-refractivity contribution is 5.76. The van der Waals surface area contributed by atoms with Crippen LogP contribution in [0.3, 0.4) is 0 Å². The van der Waals surface area contributed by atoms with Gasteiger partial charge in [0.2, 0.25) is 5.91 Å². The van der Waals surface area contributed by atoms with Crippen molar-refractivity contribution in [2.24, 2.45) is 34.2 Å². The van der Waals surface area contributed by atoms with Gasteiger partial charge in [0.05, 0.1) is 18.1 Å². The Morgan fingerprint density at radius 2 is 1.96 bits per heavy atom. The number of carbonyl (C=O) groups is 2. The highest BCUT2D eigenvalue weighted by Crippen LogP contribution is 2.39. The van der Waals surface area contributed by atoms with Crippen molar-refractivity contribution in [3.05, 3.63) is 0 Å². The molecule has 1 aliphatic carbocycles. The van der Waals surface area contributed by atoms with Gasteiger partial charge in [0.1, 0.15) is 0 Å². The van der Waals surface area contributed by atoms with Gasteiger partial charge < -0.3 is 27.0 Å². The number of guanidine groups is 1. The van der Waals surface area contributed by atoms with Crippen molar-refractivity contribution >= 4 is 17.8 Å². The Morgan fingerprint density at radius 3 is 2.38 bits per heavy atom. The molecular weight excluding hydrogens is 312 g/mol. The second-order valence-corrected chi connectivity index (χ2v) is 6.55. The van der Waals surface area contributed by atoms with Crippen LogP contribution in [0.15, 0.2) is 4.99 Å². The van der Waals surface area contributed by atoms with Crippen molar-refractivity contribution in [1.29, 1.82) is 0 Å². The van der Waals surface area contributed by atoms with E-state index < -0.39 is 30.0 Å². The van der Waals surface area contributed by atoms with Crippen LogP contribution in [0.25, 0.3) is 0 Å². The molecule has 8 nitrogen and oxygen atoms in total. The third-order valence-corrected chi connectivity index (χ3v) is 4.85. The second kappa shape index (κ2) is 8.86. The van der Waals surface area contributed by atoms with Gasteiger partial charge in [-0.05, 0) is 18.8 Å². The number of nitrogens with zero attached hydrogens (tertiary/aromatic N) is 1. The summed E-state index contributed by atoms with van der Waals surface area (Å²) in [5.74, 6) is -2.81. The summed E-state index contributed by atoms with van der Waals surface area (Å²) in [4.78, 5) is 27.3. The first-order valence-corrected chi connectivity index (χ1v) is 8.49. The molecule has 0 heterocycles. The molecular formula is C16H30N4O4. The number of aliphatic imine (C=N–C) groups is 1. The fourth-order valence-corrected chi connectivity index (χ4v) is 3.85. The molecule has 1 rings (SSSR count). The molecule has 8 heteroatoms. The van der Waals surface area contributed by atoms with E-state index in [0.717, 1.165) is 19.3 Å². The minimum atomic E-state index is -1.11. The number of rotatable bonds is 8. The molecule has 0 aliphatic heterocycles. The first kappa shape index (κ1) is 20.2. The molecule has 138 valence electrons. The van der Waals surface area contributed by atoms with Gasteiger partial charge in [0.25, 0.3) is 0 Å². The molecule has 7 N–H and O–H groups in total. The van der Waals surface area contributed by atoms with Crippen LogP contribution >= 0.6 is 0 Å². The number of amides is 1. The number of hydrogen-bond acceptors (Lipinski definition) is 4. The van der Waals surface area contributed by atoms with Crippen molar-refractivity contribution in [2.45, 2.75) is 64.6 Å². The van der Waals surface area contributed by atoms with Gasteiger partial charge in [-0.1, -0.05) is 26.7 Å². The Labute approximate surface area is 142 Å². The number of nitrogens with two attached hydrogens (primary N) is 2. The lowest BCUT2D eigenvalue weighted by Gasteiger charge is -2.35. The maximum atomic E-state index is 11.7. The summed E-state index contributed by atoms with van der Waals surface area (Å²) >= 11 is 0. The molecule has 0 saturated heterocycles. The van der Waals surface area contributed by atoms with Gasteiger partial charge in [-0.2, -0.15) is 0 Å². The normalized spacial score (nSPS) is 28.8. The quantitative estimate of drug-likeness (QED) is 0.310. The molecule has 2 unspecified atom stereocenters. The summed E-state index contributed by atoms with van der Waals surface area (Å²) in [6, 6.07) is -0.909. The van der Waals surface area contributed by atoms with E-state index in [9.17, 15) is 19.8 Å². The van der Waals surface area contributed by atoms with Gasteiger partial charge in [-0.3, -0.25) is 9.59 Å². The van der Waals surface area contributed by atoms with Crippen molar-refractivity contribution in [3.8, 4) is 0 Å². The minimum absolute atomic E-state index is 0.114. The monoisotopic (exact) mass is 342 g/mol. The van der Waals surface area contributed by atoms with Crippen molar-refractivity contribution in [2.75, 3.05) is 0 Å². The minimum Gasteiger partial charge on any atom is -0.481 e. The average molecular weight is 342 g/mol. The van der Waals surface area contributed by atoms with E-state index in [1.54, 1.807) is 0 Å². The Morgan fingerprint density at radius 1 is 1.33 bits per heavy atom. The number of aliphatic hydroxyl groups excluding tert-OH is 1. The van der Waals surface area contributed by atoms with Crippen LogP contribution in [0.1, 0.15) is 46.5 Å². The number of carboxylic acids is 1. The molecule has 6 atom stereocenters. The van der Waals surface area contributed by atoms with E-state index in [1.165, 1.54) is 6.92 Å². The fraction of sp³-hybridized carbons (Fsp3) is 0.812. The molecule has 0 aromatic carbocycles. The van der Waals surface area contributed by atoms with Gasteiger partial charge >= 0.3 is 5.97 Å². The van der Waals surface area contributed by atoms with Crippen LogP contribution < -0.4 is 16.8 Å². The molecule has 0 bridgehead atoms. The molecule has 0 aromatic rings. The van der Waals surface area contributed by atoms with E-state index in [1.807, 2.05) is 13.8 Å². The number of nitrogens with one attached hydrogen (secondary N) is 1. The predicted octanol–water partition coefficient (Wildman–Crippen LogP) is 0.0410. The van der Waals surface area contributed by atoms with E-state index in [0.29, 0.717) is 0 Å². The van der Waals surface area contributed by atoms with Crippen LogP contribution in [-0.4, -0.2) is 46.2 Å². The maximum Gasteiger partial charge on any atom is 0.309 e. The highest BCUT2D eigenvalue weighted by Gasteiger charge is 2.50. The lowest BCUT2D eigenvalue weighted by atomic mass is 9.79. The molecule has 1 aliphatic rings. The number of aliphatic carboxylic acids is 1. The van der Waals surface area contributed by atoms with Crippen LogP contribution in [0.4, 0.5) is 0 Å². The third kappa shape index (κ3) is 4.83. The standard InChI is InChI=1S/C16H30N4O4/c1-4-6-9(5-2)13(19-8(3)21)12-11(20-16(17)18)7-10(14(12)22)15(23)24/h9-14,22H,4-7H2,1-3H3,(H,19,21)(H,23,24)(H4,17,18,20)/t9?,10-,11+,12+,13?,14+/m0/s1. The number of carboxylic acid groups (broad SMARTS) is 1. The first-order valence-electron chi connectivity index (χ1n) is 8.49. The molecule has 0 aromatic heterocycles. The number of aliphatic hydroxyl groups is 1. The molecule has 0 spiro atoms. The largest absolute Gasteiger partial charge is 0.481 e. The van der Waals surface area contributed by atoms with Crippen LogP contribution in [0, 0.1) is 17.8 Å². The van der Waals surface area contributed by atoms with Gasteiger partial charge in [-0.15, -0.1) is 0 Å². The smallest absolute Gasteiger partial charge is 0.309 e. The van der Waals surface area contributed by atoms with Crippen LogP contribution in [0.5, 0.6) is 0 Å². The Kier molecular flexibility index (Phi) is 7.47. The Hall–Kier alpha value is -1.83. The molecule has 1 fully saturated rings. The van der Waals surface area contributed by atoms with Gasteiger partial charge in [0, 0.05) is 18.9 Å².